The summed E-state index contributed by atoms with van der Waals surface area (Å²) in [5.74, 6) is 0.866. The van der Waals surface area contributed by atoms with Crippen molar-refractivity contribution in [1.82, 2.24) is 19.7 Å². The molecule has 0 amide bonds. The molecule has 0 atom stereocenters. The van der Waals surface area contributed by atoms with E-state index in [0.29, 0.717) is 0 Å². The fraction of sp³-hybridized carbons (Fsp3) is 0.353. The fourth-order valence-electron chi connectivity index (χ4n) is 3.22. The Hall–Kier alpha value is -2.63. The second-order valence-corrected chi connectivity index (χ2v) is 5.87. The Labute approximate surface area is 135 Å². The van der Waals surface area contributed by atoms with Gasteiger partial charge in [-0.2, -0.15) is 5.10 Å². The van der Waals surface area contributed by atoms with Gasteiger partial charge >= 0.3 is 0 Å². The first kappa shape index (κ1) is 14.0. The molecule has 0 unspecified atom stereocenters. The molecule has 0 aliphatic carbocycles. The summed E-state index contributed by atoms with van der Waals surface area (Å²) in [4.78, 5) is 11.1. The molecule has 6 nitrogen and oxygen atoms in total. The molecule has 0 radical (unpaired) electrons. The van der Waals surface area contributed by atoms with Crippen LogP contribution < -0.4 is 10.2 Å². The fourth-order valence-corrected chi connectivity index (χ4v) is 3.22. The van der Waals surface area contributed by atoms with Gasteiger partial charge in [0.1, 0.15) is 12.1 Å². The summed E-state index contributed by atoms with van der Waals surface area (Å²) in [6, 6.07) is 8.69. The third-order valence-electron chi connectivity index (χ3n) is 4.41. The first-order chi connectivity index (χ1) is 11.3. The van der Waals surface area contributed by atoms with E-state index in [1.54, 1.807) is 11.0 Å². The van der Waals surface area contributed by atoms with E-state index >= 15 is 0 Å². The van der Waals surface area contributed by atoms with Crippen LogP contribution in [-0.4, -0.2) is 39.4 Å². The number of para-hydroxylation sites is 1. The van der Waals surface area contributed by atoms with Crippen molar-refractivity contribution in [3.63, 3.8) is 0 Å². The number of anilines is 2. The average molecular weight is 308 g/mol. The maximum Gasteiger partial charge on any atom is 0.163 e. The smallest absolute Gasteiger partial charge is 0.163 e. The van der Waals surface area contributed by atoms with Gasteiger partial charge in [-0.05, 0) is 24.5 Å². The summed E-state index contributed by atoms with van der Waals surface area (Å²) in [6.45, 7) is 3.07. The van der Waals surface area contributed by atoms with E-state index in [1.807, 2.05) is 13.2 Å². The van der Waals surface area contributed by atoms with Crippen molar-refractivity contribution < 1.29 is 0 Å². The number of fused-ring (bicyclic) bond motifs is 2. The Bertz CT molecular complexity index is 825. The maximum atomic E-state index is 4.34. The van der Waals surface area contributed by atoms with E-state index in [-0.39, 0.29) is 0 Å². The Morgan fingerprint density at radius 1 is 1.22 bits per heavy atom. The van der Waals surface area contributed by atoms with Crippen LogP contribution in [0.1, 0.15) is 12.0 Å². The van der Waals surface area contributed by atoms with Crippen molar-refractivity contribution in [1.29, 1.82) is 0 Å². The van der Waals surface area contributed by atoms with Gasteiger partial charge in [-0.3, -0.25) is 4.68 Å². The lowest BCUT2D eigenvalue weighted by atomic mass is 10.2. The zero-order valence-electron chi connectivity index (χ0n) is 13.2. The molecule has 0 bridgehead atoms. The summed E-state index contributed by atoms with van der Waals surface area (Å²) < 4.78 is 1.77. The zero-order valence-corrected chi connectivity index (χ0v) is 13.2. The van der Waals surface area contributed by atoms with Gasteiger partial charge in [0.15, 0.2) is 5.65 Å². The molecule has 1 aliphatic heterocycles. The van der Waals surface area contributed by atoms with E-state index in [4.69, 9.17) is 0 Å². The molecule has 2 aromatic heterocycles. The number of hydrogen-bond donors (Lipinski definition) is 1. The molecule has 1 aliphatic rings. The van der Waals surface area contributed by atoms with Gasteiger partial charge in [-0.25, -0.2) is 9.97 Å². The Morgan fingerprint density at radius 3 is 3.09 bits per heavy atom. The Kier molecular flexibility index (Phi) is 3.57. The lowest BCUT2D eigenvalue weighted by Gasteiger charge is -2.19. The van der Waals surface area contributed by atoms with E-state index < -0.39 is 0 Å². The molecule has 0 saturated carbocycles. The predicted molar refractivity (Wildman–Crippen MR) is 91.8 cm³/mol. The van der Waals surface area contributed by atoms with Gasteiger partial charge in [0.25, 0.3) is 0 Å². The minimum absolute atomic E-state index is 0.857. The van der Waals surface area contributed by atoms with Crippen LogP contribution in [0, 0.1) is 0 Å². The zero-order chi connectivity index (χ0) is 15.6. The molecule has 1 aromatic carbocycles. The number of nitrogens with one attached hydrogen (secondary N) is 1. The lowest BCUT2D eigenvalue weighted by molar-refractivity contribution is 0.772. The largest absolute Gasteiger partial charge is 0.371 e. The maximum absolute atomic E-state index is 4.34. The normalized spacial score (nSPS) is 13.5. The highest BCUT2D eigenvalue weighted by atomic mass is 15.3. The van der Waals surface area contributed by atoms with Gasteiger partial charge < -0.3 is 10.2 Å². The molecule has 4 rings (SSSR count). The lowest BCUT2D eigenvalue weighted by Crippen LogP contribution is -2.23. The van der Waals surface area contributed by atoms with Crippen molar-refractivity contribution in [2.45, 2.75) is 12.8 Å². The van der Waals surface area contributed by atoms with Gasteiger partial charge in [-0.15, -0.1) is 0 Å². The van der Waals surface area contributed by atoms with Crippen molar-refractivity contribution in [3.8, 4) is 0 Å². The minimum atomic E-state index is 0.857. The SMILES string of the molecule is Cn1ncc2c(NCCCN3CCc4ccccc43)ncnc21. The standard InChI is InChI=1S/C17H20N6/c1-22-17-14(11-21-22)16(19-12-20-17)18-8-4-9-23-10-7-13-5-2-3-6-15(13)23/h2-3,5-6,11-12H,4,7-10H2,1H3,(H,18,19,20). The molecule has 1 N–H and O–H groups in total. The number of hydrogen-bond acceptors (Lipinski definition) is 5. The number of aryl methyl sites for hydroxylation is 1. The molecule has 0 spiro atoms. The van der Waals surface area contributed by atoms with Crippen LogP contribution in [0.3, 0.4) is 0 Å². The van der Waals surface area contributed by atoms with Crippen molar-refractivity contribution in [2.24, 2.45) is 7.05 Å². The first-order valence-corrected chi connectivity index (χ1v) is 8.02. The highest BCUT2D eigenvalue weighted by molar-refractivity contribution is 5.85. The van der Waals surface area contributed by atoms with Crippen LogP contribution in [0.25, 0.3) is 11.0 Å². The average Bonchev–Trinajstić information content (AvgIpc) is 3.17. The number of nitrogens with zero attached hydrogens (tertiary/aromatic N) is 5. The monoisotopic (exact) mass is 308 g/mol. The molecular formula is C17H20N6. The molecule has 0 saturated heterocycles. The van der Waals surface area contributed by atoms with E-state index in [1.165, 1.54) is 11.3 Å². The van der Waals surface area contributed by atoms with E-state index in [2.05, 4.69) is 49.5 Å². The quantitative estimate of drug-likeness (QED) is 0.733. The molecule has 6 heteroatoms. The van der Waals surface area contributed by atoms with Gasteiger partial charge in [0.2, 0.25) is 0 Å². The van der Waals surface area contributed by atoms with Crippen LogP contribution in [0.4, 0.5) is 11.5 Å². The second-order valence-electron chi connectivity index (χ2n) is 5.87. The minimum Gasteiger partial charge on any atom is -0.371 e. The Morgan fingerprint density at radius 2 is 2.13 bits per heavy atom. The highest BCUT2D eigenvalue weighted by Crippen LogP contribution is 2.27. The van der Waals surface area contributed by atoms with E-state index in [0.717, 1.165) is 49.3 Å². The summed E-state index contributed by atoms with van der Waals surface area (Å²) in [6.07, 6.45) is 5.63. The summed E-state index contributed by atoms with van der Waals surface area (Å²) in [5, 5.41) is 8.63. The third-order valence-corrected chi connectivity index (χ3v) is 4.41. The predicted octanol–water partition coefficient (Wildman–Crippen LogP) is 2.23. The van der Waals surface area contributed by atoms with Crippen molar-refractivity contribution in [2.75, 3.05) is 29.9 Å². The molecule has 3 aromatic rings. The molecular weight excluding hydrogens is 288 g/mol. The van der Waals surface area contributed by atoms with Gasteiger partial charge in [-0.1, -0.05) is 18.2 Å². The molecule has 23 heavy (non-hydrogen) atoms. The number of benzene rings is 1. The van der Waals surface area contributed by atoms with Crippen LogP contribution in [0.2, 0.25) is 0 Å². The second kappa shape index (κ2) is 5.87. The van der Waals surface area contributed by atoms with Crippen molar-refractivity contribution in [3.05, 3.63) is 42.4 Å². The Balaban J connectivity index is 1.36. The summed E-state index contributed by atoms with van der Waals surface area (Å²) in [5.41, 5.74) is 3.72. The van der Waals surface area contributed by atoms with E-state index in [9.17, 15) is 0 Å². The van der Waals surface area contributed by atoms with Gasteiger partial charge in [0.05, 0.1) is 11.6 Å². The third kappa shape index (κ3) is 2.60. The topological polar surface area (TPSA) is 58.9 Å². The number of aromatic nitrogens is 4. The van der Waals surface area contributed by atoms with Crippen LogP contribution in [0.5, 0.6) is 0 Å². The van der Waals surface area contributed by atoms with Crippen molar-refractivity contribution >= 4 is 22.5 Å². The number of rotatable bonds is 5. The van der Waals surface area contributed by atoms with Crippen LogP contribution in [-0.2, 0) is 13.5 Å². The summed E-state index contributed by atoms with van der Waals surface area (Å²) >= 11 is 0. The van der Waals surface area contributed by atoms with Gasteiger partial charge in [0, 0.05) is 32.4 Å². The highest BCUT2D eigenvalue weighted by Gasteiger charge is 2.17. The molecule has 118 valence electrons. The summed E-state index contributed by atoms with van der Waals surface area (Å²) in [7, 11) is 1.89. The van der Waals surface area contributed by atoms with Crippen LogP contribution >= 0.6 is 0 Å². The molecule has 0 fully saturated rings. The molecule has 3 heterocycles. The van der Waals surface area contributed by atoms with Crippen LogP contribution in [0.15, 0.2) is 36.8 Å². The first-order valence-electron chi connectivity index (χ1n) is 8.02.